The van der Waals surface area contributed by atoms with Gasteiger partial charge >= 0.3 is 0 Å². The summed E-state index contributed by atoms with van der Waals surface area (Å²) in [6.45, 7) is 4.16. The third-order valence-corrected chi connectivity index (χ3v) is 1.65. The van der Waals surface area contributed by atoms with Crippen molar-refractivity contribution in [3.8, 4) is 0 Å². The van der Waals surface area contributed by atoms with Gasteiger partial charge in [0, 0.05) is 0 Å². The van der Waals surface area contributed by atoms with E-state index in [-0.39, 0.29) is 0 Å². The van der Waals surface area contributed by atoms with E-state index in [0.717, 1.165) is 5.69 Å². The van der Waals surface area contributed by atoms with Crippen LogP contribution in [0.2, 0.25) is 0 Å². The van der Waals surface area contributed by atoms with E-state index >= 15 is 0 Å². The number of hydrogen-bond acceptors (Lipinski definition) is 4. The molecule has 2 heterocycles. The molecule has 62 valence electrons. The summed E-state index contributed by atoms with van der Waals surface area (Å²) in [6, 6.07) is 0. The lowest BCUT2D eigenvalue weighted by Crippen LogP contribution is -1.93. The van der Waals surface area contributed by atoms with Gasteiger partial charge in [0.2, 0.25) is 0 Å². The molecule has 0 amide bonds. The number of hydrogen-bond donors (Lipinski definition) is 0. The summed E-state index contributed by atoms with van der Waals surface area (Å²) in [5, 5.41) is 11.4. The van der Waals surface area contributed by atoms with Gasteiger partial charge in [-0.25, -0.2) is 9.50 Å². The Morgan fingerprint density at radius 1 is 1.42 bits per heavy atom. The van der Waals surface area contributed by atoms with E-state index in [1.807, 2.05) is 6.20 Å². The summed E-state index contributed by atoms with van der Waals surface area (Å²) in [6.07, 6.45) is 3.27. The van der Waals surface area contributed by atoms with Crippen LogP contribution in [-0.4, -0.2) is 24.8 Å². The smallest absolute Gasteiger partial charge is 0.213 e. The lowest BCUT2D eigenvalue weighted by atomic mass is 10.2. The van der Waals surface area contributed by atoms with Crippen LogP contribution in [0, 0.1) is 0 Å². The maximum atomic E-state index is 4.24. The molecule has 0 saturated carbocycles. The van der Waals surface area contributed by atoms with Crippen LogP contribution in [0.1, 0.15) is 25.5 Å². The minimum absolute atomic E-state index is 0.397. The van der Waals surface area contributed by atoms with Gasteiger partial charge in [-0.1, -0.05) is 13.8 Å². The predicted molar refractivity (Wildman–Crippen MR) is 42.7 cm³/mol. The van der Waals surface area contributed by atoms with Gasteiger partial charge in [0.1, 0.15) is 0 Å². The second-order valence-corrected chi connectivity index (χ2v) is 2.91. The lowest BCUT2D eigenvalue weighted by Gasteiger charge is -1.94. The topological polar surface area (TPSA) is 56.0 Å². The van der Waals surface area contributed by atoms with Gasteiger partial charge in [-0.3, -0.25) is 0 Å². The highest BCUT2D eigenvalue weighted by atomic mass is 15.4. The molecule has 2 rings (SSSR count). The Hall–Kier alpha value is -1.52. The molecule has 0 aliphatic rings. The third kappa shape index (κ3) is 1.03. The zero-order valence-corrected chi connectivity index (χ0v) is 6.97. The number of aromatic nitrogens is 5. The third-order valence-electron chi connectivity index (χ3n) is 1.65. The Morgan fingerprint density at radius 2 is 2.25 bits per heavy atom. The standard InChI is InChI=1S/C7H9N5/c1-5(2)6-3-12-7(10-6)11-8-4-9-12/h3-5H,1-2H3. The first-order valence-electron chi connectivity index (χ1n) is 3.80. The van der Waals surface area contributed by atoms with Crippen LogP contribution in [0.15, 0.2) is 12.5 Å². The highest BCUT2D eigenvalue weighted by Crippen LogP contribution is 2.11. The minimum Gasteiger partial charge on any atom is -0.213 e. The van der Waals surface area contributed by atoms with Crippen LogP contribution in [0.4, 0.5) is 0 Å². The molecule has 0 N–H and O–H groups in total. The second-order valence-electron chi connectivity index (χ2n) is 2.91. The van der Waals surface area contributed by atoms with Crippen molar-refractivity contribution in [1.29, 1.82) is 0 Å². The molecule has 0 aromatic carbocycles. The quantitative estimate of drug-likeness (QED) is 0.619. The molecule has 5 heteroatoms. The molecular weight excluding hydrogens is 154 g/mol. The van der Waals surface area contributed by atoms with Crippen molar-refractivity contribution in [2.75, 3.05) is 0 Å². The van der Waals surface area contributed by atoms with Crippen molar-refractivity contribution < 1.29 is 0 Å². The first kappa shape index (κ1) is 7.15. The van der Waals surface area contributed by atoms with Crippen LogP contribution in [0.5, 0.6) is 0 Å². The SMILES string of the molecule is CC(C)c1cn2ncnnc2n1. The monoisotopic (exact) mass is 163 g/mol. The van der Waals surface area contributed by atoms with E-state index in [0.29, 0.717) is 11.7 Å². The van der Waals surface area contributed by atoms with E-state index in [4.69, 9.17) is 0 Å². The maximum absolute atomic E-state index is 4.24. The molecule has 2 aromatic heterocycles. The molecule has 0 unspecified atom stereocenters. The molecule has 12 heavy (non-hydrogen) atoms. The summed E-state index contributed by atoms with van der Waals surface area (Å²) in [4.78, 5) is 4.24. The summed E-state index contributed by atoms with van der Waals surface area (Å²) < 4.78 is 1.63. The Kier molecular flexibility index (Phi) is 1.49. The van der Waals surface area contributed by atoms with Crippen LogP contribution >= 0.6 is 0 Å². The number of imidazole rings is 1. The molecule has 0 atom stereocenters. The van der Waals surface area contributed by atoms with Gasteiger partial charge in [0.05, 0.1) is 11.9 Å². The van der Waals surface area contributed by atoms with Crippen molar-refractivity contribution in [3.63, 3.8) is 0 Å². The number of fused-ring (bicyclic) bond motifs is 1. The Labute approximate surface area is 69.5 Å². The summed E-state index contributed by atoms with van der Waals surface area (Å²) in [5.41, 5.74) is 0.989. The summed E-state index contributed by atoms with van der Waals surface area (Å²) in [5.74, 6) is 0.953. The average molecular weight is 163 g/mol. The molecule has 0 bridgehead atoms. The van der Waals surface area contributed by atoms with Gasteiger partial charge in [-0.15, -0.1) is 10.2 Å². The molecule has 0 radical (unpaired) electrons. The van der Waals surface area contributed by atoms with E-state index in [1.165, 1.54) is 6.33 Å². The number of nitrogens with zero attached hydrogens (tertiary/aromatic N) is 5. The van der Waals surface area contributed by atoms with E-state index < -0.39 is 0 Å². The van der Waals surface area contributed by atoms with Crippen molar-refractivity contribution in [2.24, 2.45) is 0 Å². The van der Waals surface area contributed by atoms with E-state index in [1.54, 1.807) is 4.52 Å². The zero-order valence-electron chi connectivity index (χ0n) is 6.97. The Bertz CT molecular complexity index is 358. The molecule has 0 aliphatic heterocycles. The average Bonchev–Trinajstić information content (AvgIpc) is 2.46. The van der Waals surface area contributed by atoms with Crippen molar-refractivity contribution in [3.05, 3.63) is 18.2 Å². The zero-order chi connectivity index (χ0) is 8.55. The lowest BCUT2D eigenvalue weighted by molar-refractivity contribution is 0.819. The van der Waals surface area contributed by atoms with Crippen molar-refractivity contribution >= 4 is 5.78 Å². The van der Waals surface area contributed by atoms with Gasteiger partial charge in [0.25, 0.3) is 5.78 Å². The fourth-order valence-electron chi connectivity index (χ4n) is 0.966. The molecule has 2 aromatic rings. The van der Waals surface area contributed by atoms with E-state index in [2.05, 4.69) is 34.1 Å². The fourth-order valence-corrected chi connectivity index (χ4v) is 0.966. The largest absolute Gasteiger partial charge is 0.270 e. The summed E-state index contributed by atoms with van der Waals surface area (Å²) in [7, 11) is 0. The van der Waals surface area contributed by atoms with Crippen molar-refractivity contribution in [2.45, 2.75) is 19.8 Å². The van der Waals surface area contributed by atoms with Crippen LogP contribution in [0.25, 0.3) is 5.78 Å². The Balaban J connectivity index is 2.62. The normalized spacial score (nSPS) is 11.2. The summed E-state index contributed by atoms with van der Waals surface area (Å²) >= 11 is 0. The fraction of sp³-hybridized carbons (Fsp3) is 0.429. The maximum Gasteiger partial charge on any atom is 0.270 e. The van der Waals surface area contributed by atoms with Crippen molar-refractivity contribution in [1.82, 2.24) is 24.8 Å². The number of rotatable bonds is 1. The van der Waals surface area contributed by atoms with Crippen LogP contribution in [-0.2, 0) is 0 Å². The second kappa shape index (κ2) is 2.51. The molecule has 0 aliphatic carbocycles. The highest BCUT2D eigenvalue weighted by molar-refractivity contribution is 5.26. The first-order valence-corrected chi connectivity index (χ1v) is 3.80. The van der Waals surface area contributed by atoms with Crippen LogP contribution in [0.3, 0.4) is 0 Å². The first-order chi connectivity index (χ1) is 5.77. The molecule has 0 spiro atoms. The van der Waals surface area contributed by atoms with Gasteiger partial charge in [0.15, 0.2) is 6.33 Å². The van der Waals surface area contributed by atoms with Gasteiger partial charge in [-0.05, 0) is 5.92 Å². The van der Waals surface area contributed by atoms with Gasteiger partial charge < -0.3 is 0 Å². The predicted octanol–water partition coefficient (Wildman–Crippen LogP) is 0.643. The van der Waals surface area contributed by atoms with E-state index in [9.17, 15) is 0 Å². The van der Waals surface area contributed by atoms with Crippen LogP contribution < -0.4 is 0 Å². The Morgan fingerprint density at radius 3 is 2.92 bits per heavy atom. The molecular formula is C7H9N5. The highest BCUT2D eigenvalue weighted by Gasteiger charge is 2.05. The van der Waals surface area contributed by atoms with Gasteiger partial charge in [-0.2, -0.15) is 5.10 Å². The molecule has 0 fully saturated rings. The molecule has 0 saturated heterocycles. The molecule has 5 nitrogen and oxygen atoms in total. The minimum atomic E-state index is 0.397.